The molecule has 1 unspecified atom stereocenters. The molecule has 7 heteroatoms. The first-order valence-corrected chi connectivity index (χ1v) is 10.6. The monoisotopic (exact) mass is 514 g/mol. The number of fused-ring (bicyclic) bond motifs is 1. The number of nitrogens with one attached hydrogen (secondary N) is 1. The number of aliphatic hydroxyl groups excluding tert-OH is 1. The molecule has 28 heavy (non-hydrogen) atoms. The van der Waals surface area contributed by atoms with E-state index in [0.29, 0.717) is 13.1 Å². The van der Waals surface area contributed by atoms with E-state index in [9.17, 15) is 5.11 Å². The molecule has 1 aliphatic heterocycles. The Labute approximate surface area is 189 Å². The van der Waals surface area contributed by atoms with Gasteiger partial charge in [0.2, 0.25) is 0 Å². The summed E-state index contributed by atoms with van der Waals surface area (Å²) in [7, 11) is 2.03. The average molecular weight is 514 g/mol. The lowest BCUT2D eigenvalue weighted by atomic mass is 10.00. The Kier molecular flexibility index (Phi) is 9.70. The van der Waals surface area contributed by atoms with Crippen LogP contribution in [0, 0.1) is 0 Å². The molecular weight excluding hydrogens is 483 g/mol. The fourth-order valence-corrected chi connectivity index (χ4v) is 4.12. The summed E-state index contributed by atoms with van der Waals surface area (Å²) in [6.45, 7) is 6.67. The summed E-state index contributed by atoms with van der Waals surface area (Å²) in [5.41, 5.74) is 4.09. The quantitative estimate of drug-likeness (QED) is 0.339. The fourth-order valence-electron chi connectivity index (χ4n) is 3.46. The Morgan fingerprint density at radius 1 is 1.32 bits per heavy atom. The zero-order valence-corrected chi connectivity index (χ0v) is 19.8. The van der Waals surface area contributed by atoms with Gasteiger partial charge in [-0.25, -0.2) is 0 Å². The number of benzene rings is 1. The van der Waals surface area contributed by atoms with E-state index in [-0.39, 0.29) is 24.0 Å². The third-order valence-electron chi connectivity index (χ3n) is 4.83. The lowest BCUT2D eigenvalue weighted by Crippen LogP contribution is -2.40. The molecule has 154 valence electrons. The zero-order valence-electron chi connectivity index (χ0n) is 16.7. The molecular formula is C21H31IN4OS. The van der Waals surface area contributed by atoms with E-state index in [0.717, 1.165) is 38.6 Å². The number of guanidine groups is 1. The summed E-state index contributed by atoms with van der Waals surface area (Å²) in [5.74, 6) is 0.840. The van der Waals surface area contributed by atoms with Crippen LogP contribution in [0.1, 0.15) is 23.6 Å². The van der Waals surface area contributed by atoms with Crippen LogP contribution in [0.2, 0.25) is 0 Å². The van der Waals surface area contributed by atoms with Crippen molar-refractivity contribution in [1.82, 2.24) is 15.1 Å². The number of rotatable bonds is 7. The van der Waals surface area contributed by atoms with Crippen molar-refractivity contribution in [2.24, 2.45) is 4.99 Å². The first-order valence-electron chi connectivity index (χ1n) is 9.63. The SMILES string of the molecule is CCNC(=NCC(O)CN1CCc2ccccc2C1)N(C)Cc1ccsc1.I. The zero-order chi connectivity index (χ0) is 19.1. The maximum atomic E-state index is 10.5. The van der Waals surface area contributed by atoms with Crippen molar-refractivity contribution >= 4 is 41.3 Å². The minimum atomic E-state index is -0.460. The number of aliphatic hydroxyl groups is 1. The van der Waals surface area contributed by atoms with E-state index in [1.807, 2.05) is 7.05 Å². The van der Waals surface area contributed by atoms with Gasteiger partial charge < -0.3 is 15.3 Å². The molecule has 0 spiro atoms. The Hall–Kier alpha value is -1.16. The Balaban J connectivity index is 0.00000280. The van der Waals surface area contributed by atoms with Crippen LogP contribution in [0.25, 0.3) is 0 Å². The first-order chi connectivity index (χ1) is 13.2. The van der Waals surface area contributed by atoms with Crippen molar-refractivity contribution in [3.63, 3.8) is 0 Å². The smallest absolute Gasteiger partial charge is 0.194 e. The van der Waals surface area contributed by atoms with E-state index in [4.69, 9.17) is 0 Å². The lowest BCUT2D eigenvalue weighted by Gasteiger charge is -2.30. The summed E-state index contributed by atoms with van der Waals surface area (Å²) in [6.07, 6.45) is 0.594. The highest BCUT2D eigenvalue weighted by Gasteiger charge is 2.18. The van der Waals surface area contributed by atoms with Crippen molar-refractivity contribution in [1.29, 1.82) is 0 Å². The van der Waals surface area contributed by atoms with Crippen LogP contribution in [0.5, 0.6) is 0 Å². The molecule has 1 aromatic carbocycles. The topological polar surface area (TPSA) is 51.1 Å². The van der Waals surface area contributed by atoms with E-state index in [1.54, 1.807) is 11.3 Å². The molecule has 0 saturated carbocycles. The predicted molar refractivity (Wildman–Crippen MR) is 129 cm³/mol. The normalized spacial score (nSPS) is 15.5. The summed E-state index contributed by atoms with van der Waals surface area (Å²) in [4.78, 5) is 9.09. The van der Waals surface area contributed by atoms with Crippen LogP contribution in [0.3, 0.4) is 0 Å². The number of β-amino-alcohol motifs (C(OH)–C–C–N with tert-alkyl or cyclic N) is 1. The largest absolute Gasteiger partial charge is 0.390 e. The van der Waals surface area contributed by atoms with Gasteiger partial charge in [-0.1, -0.05) is 24.3 Å². The second-order valence-corrected chi connectivity index (χ2v) is 7.87. The van der Waals surface area contributed by atoms with Crippen molar-refractivity contribution in [2.45, 2.75) is 32.5 Å². The Morgan fingerprint density at radius 2 is 2.11 bits per heavy atom. The molecule has 1 aliphatic rings. The third-order valence-corrected chi connectivity index (χ3v) is 5.56. The number of hydrogen-bond acceptors (Lipinski definition) is 4. The molecule has 0 amide bonds. The Morgan fingerprint density at radius 3 is 2.82 bits per heavy atom. The van der Waals surface area contributed by atoms with Gasteiger partial charge in [0.1, 0.15) is 0 Å². The Bertz CT molecular complexity index is 738. The molecule has 0 radical (unpaired) electrons. The highest BCUT2D eigenvalue weighted by Crippen LogP contribution is 2.18. The molecule has 2 heterocycles. The first kappa shape index (κ1) is 23.1. The van der Waals surface area contributed by atoms with Gasteiger partial charge in [0.25, 0.3) is 0 Å². The van der Waals surface area contributed by atoms with E-state index < -0.39 is 6.10 Å². The lowest BCUT2D eigenvalue weighted by molar-refractivity contribution is 0.111. The van der Waals surface area contributed by atoms with Gasteiger partial charge in [-0.2, -0.15) is 11.3 Å². The minimum Gasteiger partial charge on any atom is -0.390 e. The van der Waals surface area contributed by atoms with Crippen LogP contribution in [0.15, 0.2) is 46.1 Å². The minimum absolute atomic E-state index is 0. The summed E-state index contributed by atoms with van der Waals surface area (Å²) < 4.78 is 0. The van der Waals surface area contributed by atoms with Crippen LogP contribution in [0.4, 0.5) is 0 Å². The molecule has 0 aliphatic carbocycles. The van der Waals surface area contributed by atoms with Crippen LogP contribution in [-0.2, 0) is 19.5 Å². The number of halogens is 1. The third kappa shape index (κ3) is 6.72. The summed E-state index contributed by atoms with van der Waals surface area (Å²) >= 11 is 1.71. The maximum absolute atomic E-state index is 10.5. The number of thiophene rings is 1. The van der Waals surface area contributed by atoms with Crippen molar-refractivity contribution in [3.8, 4) is 0 Å². The maximum Gasteiger partial charge on any atom is 0.194 e. The number of hydrogen-bond donors (Lipinski definition) is 2. The van der Waals surface area contributed by atoms with Gasteiger partial charge in [-0.15, -0.1) is 24.0 Å². The molecule has 3 rings (SSSR count). The number of aliphatic imine (C=N–C) groups is 1. The molecule has 0 fully saturated rings. The van der Waals surface area contributed by atoms with E-state index in [2.05, 4.69) is 68.1 Å². The van der Waals surface area contributed by atoms with Crippen LogP contribution in [-0.4, -0.2) is 60.2 Å². The van der Waals surface area contributed by atoms with E-state index >= 15 is 0 Å². The van der Waals surface area contributed by atoms with E-state index in [1.165, 1.54) is 16.7 Å². The molecule has 1 atom stereocenters. The summed E-state index contributed by atoms with van der Waals surface area (Å²) in [5, 5.41) is 18.1. The predicted octanol–water partition coefficient (Wildman–Crippen LogP) is 3.18. The molecule has 0 saturated heterocycles. The van der Waals surface area contributed by atoms with Gasteiger partial charge in [-0.05, 0) is 46.9 Å². The van der Waals surface area contributed by atoms with Crippen molar-refractivity contribution in [2.75, 3.05) is 33.2 Å². The molecule has 0 bridgehead atoms. The fraction of sp³-hybridized carbons (Fsp3) is 0.476. The van der Waals surface area contributed by atoms with Gasteiger partial charge in [0.05, 0.1) is 12.6 Å². The highest BCUT2D eigenvalue weighted by molar-refractivity contribution is 14.0. The molecule has 2 N–H and O–H groups in total. The highest BCUT2D eigenvalue weighted by atomic mass is 127. The molecule has 5 nitrogen and oxygen atoms in total. The van der Waals surface area contributed by atoms with Gasteiger partial charge in [-0.3, -0.25) is 9.89 Å². The molecule has 2 aromatic rings. The second kappa shape index (κ2) is 11.7. The van der Waals surface area contributed by atoms with Crippen molar-refractivity contribution in [3.05, 3.63) is 57.8 Å². The van der Waals surface area contributed by atoms with Gasteiger partial charge in [0, 0.05) is 39.8 Å². The average Bonchev–Trinajstić information content (AvgIpc) is 3.18. The summed E-state index contributed by atoms with van der Waals surface area (Å²) in [6, 6.07) is 10.7. The van der Waals surface area contributed by atoms with Crippen LogP contribution >= 0.6 is 35.3 Å². The standard InChI is InChI=1S/C21H30N4OS.HI/c1-3-22-21(24(2)13-17-9-11-27-16-17)23-12-20(26)15-25-10-8-18-6-4-5-7-19(18)14-25;/h4-7,9,11,16,20,26H,3,8,10,12-15H2,1-2H3,(H,22,23);1H. The van der Waals surface area contributed by atoms with Gasteiger partial charge in [0.15, 0.2) is 5.96 Å². The number of nitrogens with zero attached hydrogens (tertiary/aromatic N) is 3. The molecule has 1 aromatic heterocycles. The van der Waals surface area contributed by atoms with Gasteiger partial charge >= 0.3 is 0 Å². The second-order valence-electron chi connectivity index (χ2n) is 7.09. The van der Waals surface area contributed by atoms with Crippen LogP contribution < -0.4 is 5.32 Å². The van der Waals surface area contributed by atoms with Crippen molar-refractivity contribution < 1.29 is 5.11 Å².